The molecule has 0 aliphatic carbocycles. The van der Waals surface area contributed by atoms with Gasteiger partial charge < -0.3 is 5.73 Å². The summed E-state index contributed by atoms with van der Waals surface area (Å²) in [5, 5.41) is 0. The number of hydrogen-bond donors (Lipinski definition) is 1. The van der Waals surface area contributed by atoms with E-state index in [0.717, 1.165) is 5.69 Å². The predicted octanol–water partition coefficient (Wildman–Crippen LogP) is 1.72. The first kappa shape index (κ1) is 8.33. The molecule has 2 amide bonds. The Morgan fingerprint density at radius 2 is 2.00 bits per heavy atom. The largest absolute Gasteiger partial charge is 0.351 e. The lowest BCUT2D eigenvalue weighted by Gasteiger charge is -2.14. The van der Waals surface area contributed by atoms with Crippen LogP contribution in [0.1, 0.15) is 0 Å². The number of anilines is 1. The average molecular weight is 162 g/mol. The van der Waals surface area contributed by atoms with E-state index in [1.807, 2.05) is 18.2 Å². The zero-order chi connectivity index (χ0) is 8.97. The van der Waals surface area contributed by atoms with Crippen molar-refractivity contribution in [3.05, 3.63) is 43.1 Å². The Balaban J connectivity index is 2.95. The van der Waals surface area contributed by atoms with Crippen LogP contribution in [0.3, 0.4) is 0 Å². The monoisotopic (exact) mass is 162 g/mol. The molecule has 0 aromatic heterocycles. The van der Waals surface area contributed by atoms with Crippen LogP contribution in [0.15, 0.2) is 43.1 Å². The zero-order valence-electron chi connectivity index (χ0n) is 6.60. The number of nitrogens with two attached hydrogens (primary N) is 1. The molecule has 0 radical (unpaired) electrons. The lowest BCUT2D eigenvalue weighted by Crippen LogP contribution is -2.30. The minimum atomic E-state index is -0.531. The molecule has 62 valence electrons. The van der Waals surface area contributed by atoms with Crippen molar-refractivity contribution < 1.29 is 4.79 Å². The fourth-order valence-corrected chi connectivity index (χ4v) is 0.911. The first-order chi connectivity index (χ1) is 5.75. The minimum Gasteiger partial charge on any atom is -0.351 e. The first-order valence-electron chi connectivity index (χ1n) is 3.52. The molecule has 0 fully saturated rings. The van der Waals surface area contributed by atoms with Crippen molar-refractivity contribution in [2.45, 2.75) is 0 Å². The number of amides is 2. The SMILES string of the molecule is C=CN(C(N)=O)c1ccccc1. The van der Waals surface area contributed by atoms with Crippen molar-refractivity contribution in [1.82, 2.24) is 0 Å². The van der Waals surface area contributed by atoms with Gasteiger partial charge in [-0.1, -0.05) is 24.8 Å². The molecular formula is C9H10N2O. The van der Waals surface area contributed by atoms with Gasteiger partial charge in [-0.25, -0.2) is 4.79 Å². The van der Waals surface area contributed by atoms with Crippen LogP contribution in [-0.2, 0) is 0 Å². The quantitative estimate of drug-likeness (QED) is 0.707. The Morgan fingerprint density at radius 3 is 2.42 bits per heavy atom. The van der Waals surface area contributed by atoms with Crippen LogP contribution in [0, 0.1) is 0 Å². The van der Waals surface area contributed by atoms with Gasteiger partial charge in [-0.2, -0.15) is 0 Å². The fourth-order valence-electron chi connectivity index (χ4n) is 0.911. The van der Waals surface area contributed by atoms with Crippen molar-refractivity contribution in [2.75, 3.05) is 4.90 Å². The maximum atomic E-state index is 10.8. The number of hydrogen-bond acceptors (Lipinski definition) is 1. The third kappa shape index (κ3) is 1.63. The summed E-state index contributed by atoms with van der Waals surface area (Å²) in [7, 11) is 0. The summed E-state index contributed by atoms with van der Waals surface area (Å²) >= 11 is 0. The molecule has 3 nitrogen and oxygen atoms in total. The molecule has 0 unspecified atom stereocenters. The Labute approximate surface area is 71.1 Å². The van der Waals surface area contributed by atoms with Gasteiger partial charge in [0.25, 0.3) is 0 Å². The first-order valence-corrected chi connectivity index (χ1v) is 3.52. The van der Waals surface area contributed by atoms with Gasteiger partial charge in [0, 0.05) is 6.20 Å². The van der Waals surface area contributed by atoms with Crippen molar-refractivity contribution >= 4 is 11.7 Å². The van der Waals surface area contributed by atoms with E-state index >= 15 is 0 Å². The van der Waals surface area contributed by atoms with Crippen LogP contribution in [0.25, 0.3) is 0 Å². The highest BCUT2D eigenvalue weighted by Crippen LogP contribution is 2.12. The van der Waals surface area contributed by atoms with Gasteiger partial charge in [-0.3, -0.25) is 4.90 Å². The number of primary amides is 1. The molecule has 1 rings (SSSR count). The van der Waals surface area contributed by atoms with E-state index in [0.29, 0.717) is 0 Å². The highest BCUT2D eigenvalue weighted by atomic mass is 16.2. The van der Waals surface area contributed by atoms with Crippen LogP contribution in [0.5, 0.6) is 0 Å². The van der Waals surface area contributed by atoms with Crippen molar-refractivity contribution in [3.8, 4) is 0 Å². The molecule has 0 heterocycles. The van der Waals surface area contributed by atoms with E-state index in [1.165, 1.54) is 11.1 Å². The van der Waals surface area contributed by atoms with Crippen LogP contribution in [-0.4, -0.2) is 6.03 Å². The average Bonchev–Trinajstić information content (AvgIpc) is 2.07. The van der Waals surface area contributed by atoms with Gasteiger partial charge in [0.05, 0.1) is 5.69 Å². The molecule has 0 aliphatic heterocycles. The van der Waals surface area contributed by atoms with Crippen LogP contribution >= 0.6 is 0 Å². The highest BCUT2D eigenvalue weighted by molar-refractivity contribution is 5.92. The molecule has 2 N–H and O–H groups in total. The predicted molar refractivity (Wildman–Crippen MR) is 48.7 cm³/mol. The second kappa shape index (κ2) is 3.57. The molecule has 0 saturated heterocycles. The maximum absolute atomic E-state index is 10.8. The third-order valence-electron chi connectivity index (χ3n) is 1.45. The number of carbonyl (C=O) groups is 1. The van der Waals surface area contributed by atoms with Gasteiger partial charge in [0.2, 0.25) is 0 Å². The molecule has 0 aliphatic rings. The van der Waals surface area contributed by atoms with E-state index < -0.39 is 6.03 Å². The van der Waals surface area contributed by atoms with Gasteiger partial charge in [0.15, 0.2) is 0 Å². The molecule has 0 saturated carbocycles. The van der Waals surface area contributed by atoms with E-state index in [2.05, 4.69) is 6.58 Å². The highest BCUT2D eigenvalue weighted by Gasteiger charge is 2.05. The second-order valence-corrected chi connectivity index (χ2v) is 2.23. The van der Waals surface area contributed by atoms with E-state index in [1.54, 1.807) is 12.1 Å². The summed E-state index contributed by atoms with van der Waals surface area (Å²) in [5.74, 6) is 0. The van der Waals surface area contributed by atoms with E-state index in [9.17, 15) is 4.79 Å². The molecular weight excluding hydrogens is 152 g/mol. The van der Waals surface area contributed by atoms with E-state index in [-0.39, 0.29) is 0 Å². The summed E-state index contributed by atoms with van der Waals surface area (Å²) < 4.78 is 0. The minimum absolute atomic E-state index is 0.531. The Morgan fingerprint density at radius 1 is 1.42 bits per heavy atom. The van der Waals surface area contributed by atoms with Gasteiger partial charge in [-0.05, 0) is 12.1 Å². The summed E-state index contributed by atoms with van der Waals surface area (Å²) in [4.78, 5) is 12.1. The van der Waals surface area contributed by atoms with E-state index in [4.69, 9.17) is 5.73 Å². The number of rotatable bonds is 2. The lowest BCUT2D eigenvalue weighted by molar-refractivity contribution is 0.256. The smallest absolute Gasteiger partial charge is 0.323 e. The molecule has 12 heavy (non-hydrogen) atoms. The Kier molecular flexibility index (Phi) is 2.48. The number of nitrogens with zero attached hydrogens (tertiary/aromatic N) is 1. The molecule has 0 bridgehead atoms. The zero-order valence-corrected chi connectivity index (χ0v) is 6.60. The second-order valence-electron chi connectivity index (χ2n) is 2.23. The normalized spacial score (nSPS) is 9.00. The molecule has 1 aromatic rings. The molecule has 1 aromatic carbocycles. The number of benzene rings is 1. The summed E-state index contributed by atoms with van der Waals surface area (Å²) in [6, 6.07) is 8.56. The summed E-state index contributed by atoms with van der Waals surface area (Å²) in [6.45, 7) is 3.48. The van der Waals surface area contributed by atoms with Crippen molar-refractivity contribution in [2.24, 2.45) is 5.73 Å². The molecule has 3 heteroatoms. The fraction of sp³-hybridized carbons (Fsp3) is 0. The lowest BCUT2D eigenvalue weighted by atomic mass is 10.3. The number of urea groups is 1. The standard InChI is InChI=1S/C9H10N2O/c1-2-11(9(10)12)8-6-4-3-5-7-8/h2-7H,1H2,(H2,10,12). The van der Waals surface area contributed by atoms with Crippen LogP contribution < -0.4 is 10.6 Å². The summed E-state index contributed by atoms with van der Waals surface area (Å²) in [6.07, 6.45) is 1.39. The molecule has 0 atom stereocenters. The molecule has 0 spiro atoms. The Hall–Kier alpha value is -1.77. The van der Waals surface area contributed by atoms with Gasteiger partial charge in [0.1, 0.15) is 0 Å². The topological polar surface area (TPSA) is 46.3 Å². The number of para-hydroxylation sites is 1. The third-order valence-corrected chi connectivity index (χ3v) is 1.45. The van der Waals surface area contributed by atoms with Crippen LogP contribution in [0.2, 0.25) is 0 Å². The Bertz CT molecular complexity index is 282. The number of carbonyl (C=O) groups excluding carboxylic acids is 1. The van der Waals surface area contributed by atoms with Crippen molar-refractivity contribution in [1.29, 1.82) is 0 Å². The van der Waals surface area contributed by atoms with Gasteiger partial charge in [-0.15, -0.1) is 0 Å². The maximum Gasteiger partial charge on any atom is 0.323 e. The van der Waals surface area contributed by atoms with Crippen molar-refractivity contribution in [3.63, 3.8) is 0 Å². The van der Waals surface area contributed by atoms with Gasteiger partial charge >= 0.3 is 6.03 Å². The van der Waals surface area contributed by atoms with Crippen LogP contribution in [0.4, 0.5) is 10.5 Å². The summed E-state index contributed by atoms with van der Waals surface area (Å²) in [5.41, 5.74) is 5.82.